The van der Waals surface area contributed by atoms with E-state index in [1.54, 1.807) is 35.2 Å². The van der Waals surface area contributed by atoms with Crippen molar-refractivity contribution in [2.24, 2.45) is 7.05 Å². The summed E-state index contributed by atoms with van der Waals surface area (Å²) in [6.07, 6.45) is 1.00. The first kappa shape index (κ1) is 48.8. The standard InChI is InChI=1S/C48H53Cl2N7O7.ClH/c1-31-44(59)52-39(29-58)45(60)53-48(25-33-11-16-36(49)17-12-33)21-8-22-56(30-48)46(61)42(23-32-9-6-5-7-10-32)64-47(62)57(31)27-35-13-18-37(50)24-41(35)63-38-19-14-34(15-20-38)40-26-51-43(55(40)4)28-54(2)3;/h5-7,9-20,24,26,31,39,42,58H,8,21-23,25,27-30H2,1-4H3,(H,52,59)(H,53,60);1H/t31-,39?,42-,48+;/m0./s1. The average Bonchev–Trinajstić information content (AvgIpc) is 3.63. The van der Waals surface area contributed by atoms with Gasteiger partial charge in [0.1, 0.15) is 29.4 Å². The molecule has 7 rings (SSSR count). The van der Waals surface area contributed by atoms with Gasteiger partial charge in [0.05, 0.1) is 37.1 Å². The molecule has 0 radical (unpaired) electrons. The van der Waals surface area contributed by atoms with Gasteiger partial charge in [-0.15, -0.1) is 12.4 Å². The highest BCUT2D eigenvalue weighted by molar-refractivity contribution is 6.31. The Hall–Kier alpha value is -5.64. The molecule has 1 unspecified atom stereocenters. The number of carbonyl (C=O) groups excluding carboxylic acids is 4. The monoisotopic (exact) mass is 945 g/mol. The van der Waals surface area contributed by atoms with E-state index in [0.717, 1.165) is 28.2 Å². The minimum atomic E-state index is -1.38. The summed E-state index contributed by atoms with van der Waals surface area (Å²) in [6.45, 7) is 1.66. The van der Waals surface area contributed by atoms with Crippen LogP contribution in [-0.4, -0.2) is 111 Å². The quantitative estimate of drug-likeness (QED) is 0.122. The maximum atomic E-state index is 14.7. The molecule has 2 bridgehead atoms. The van der Waals surface area contributed by atoms with Gasteiger partial charge in [-0.05, 0) is 99.9 Å². The lowest BCUT2D eigenvalue weighted by Crippen LogP contribution is -2.66. The van der Waals surface area contributed by atoms with Gasteiger partial charge in [-0.1, -0.05) is 71.7 Å². The summed E-state index contributed by atoms with van der Waals surface area (Å²) < 4.78 is 14.6. The number of halogens is 3. The van der Waals surface area contributed by atoms with E-state index in [-0.39, 0.29) is 31.9 Å². The van der Waals surface area contributed by atoms with E-state index in [4.69, 9.17) is 32.7 Å². The van der Waals surface area contributed by atoms with E-state index in [0.29, 0.717) is 59.5 Å². The first-order valence-electron chi connectivity index (χ1n) is 21.2. The topological polar surface area (TPSA) is 159 Å². The van der Waals surface area contributed by atoms with Crippen LogP contribution in [0.25, 0.3) is 11.3 Å². The number of cyclic esters (lactones) is 1. The van der Waals surface area contributed by atoms with Gasteiger partial charge >= 0.3 is 6.09 Å². The fourth-order valence-corrected chi connectivity index (χ4v) is 8.53. The lowest BCUT2D eigenvalue weighted by Gasteiger charge is -2.45. The molecule has 65 heavy (non-hydrogen) atoms. The van der Waals surface area contributed by atoms with Crippen LogP contribution in [0.1, 0.15) is 42.3 Å². The minimum absolute atomic E-state index is 0. The molecule has 0 saturated carbocycles. The highest BCUT2D eigenvalue weighted by Crippen LogP contribution is 2.33. The number of aliphatic hydroxyl groups excluding tert-OH is 1. The van der Waals surface area contributed by atoms with Gasteiger partial charge < -0.3 is 39.6 Å². The molecule has 17 heteroatoms. The van der Waals surface area contributed by atoms with Gasteiger partial charge in [-0.25, -0.2) is 9.78 Å². The molecule has 3 heterocycles. The fraction of sp³-hybridized carbons (Fsp3) is 0.354. The lowest BCUT2D eigenvalue weighted by molar-refractivity contribution is -0.145. The second-order valence-electron chi connectivity index (χ2n) is 16.8. The molecule has 0 aliphatic carbocycles. The number of hydrogen-bond acceptors (Lipinski definition) is 9. The van der Waals surface area contributed by atoms with Gasteiger partial charge in [0, 0.05) is 47.7 Å². The smallest absolute Gasteiger partial charge is 0.411 e. The Bertz CT molecular complexity index is 2450. The highest BCUT2D eigenvalue weighted by Gasteiger charge is 2.43. The molecule has 0 spiro atoms. The number of amides is 4. The van der Waals surface area contributed by atoms with E-state index < -0.39 is 54.1 Å². The largest absolute Gasteiger partial charge is 0.457 e. The van der Waals surface area contributed by atoms with E-state index in [1.165, 1.54) is 11.8 Å². The highest BCUT2D eigenvalue weighted by atomic mass is 35.5. The predicted molar refractivity (Wildman–Crippen MR) is 251 cm³/mol. The number of ether oxygens (including phenoxy) is 2. The van der Waals surface area contributed by atoms with Crippen LogP contribution in [0.4, 0.5) is 4.79 Å². The van der Waals surface area contributed by atoms with E-state index in [2.05, 4.69) is 15.6 Å². The Labute approximate surface area is 395 Å². The SMILES string of the molecule is C[C@H]1C(=O)NC(CO)C(=O)N[C@@]2(Cc3ccc(Cl)cc3)CCCN(C2)C(=O)[C@H](Cc2ccccc2)OC(=O)N1Cc1ccc(Cl)cc1Oc1ccc(-c2cnc(CN(C)C)n2C)cc1.Cl. The number of imidazole rings is 1. The van der Waals surface area contributed by atoms with Crippen molar-refractivity contribution in [3.05, 3.63) is 136 Å². The lowest BCUT2D eigenvalue weighted by atomic mass is 9.82. The molecular weight excluding hydrogens is 893 g/mol. The summed E-state index contributed by atoms with van der Waals surface area (Å²) in [6, 6.07) is 26.2. The molecule has 2 saturated heterocycles. The normalized spacial score (nSPS) is 20.6. The number of piperidine rings is 1. The number of hydrogen-bond donors (Lipinski definition) is 3. The van der Waals surface area contributed by atoms with Crippen LogP contribution in [0.3, 0.4) is 0 Å². The Kier molecular flexibility index (Phi) is 16.2. The number of aliphatic hydroxyl groups is 1. The molecule has 14 nitrogen and oxygen atoms in total. The number of rotatable bonds is 12. The third kappa shape index (κ3) is 12.0. The number of nitrogens with zero attached hydrogens (tertiary/aromatic N) is 5. The molecule has 4 amide bonds. The van der Waals surface area contributed by atoms with Crippen molar-refractivity contribution in [1.29, 1.82) is 0 Å². The zero-order valence-corrected chi connectivity index (χ0v) is 39.0. The third-order valence-electron chi connectivity index (χ3n) is 11.7. The Morgan fingerprint density at radius 1 is 0.923 bits per heavy atom. The first-order valence-corrected chi connectivity index (χ1v) is 22.0. The maximum absolute atomic E-state index is 14.7. The number of carbonyl (C=O) groups is 4. The van der Waals surface area contributed by atoms with Gasteiger partial charge in [0.25, 0.3) is 5.91 Å². The average molecular weight is 947 g/mol. The first-order chi connectivity index (χ1) is 30.7. The second-order valence-corrected chi connectivity index (χ2v) is 17.7. The summed E-state index contributed by atoms with van der Waals surface area (Å²) >= 11 is 12.7. The van der Waals surface area contributed by atoms with Crippen molar-refractivity contribution in [2.45, 2.75) is 69.4 Å². The van der Waals surface area contributed by atoms with Crippen molar-refractivity contribution in [3.63, 3.8) is 0 Å². The van der Waals surface area contributed by atoms with E-state index >= 15 is 0 Å². The summed E-state index contributed by atoms with van der Waals surface area (Å²) in [4.78, 5) is 67.1. The second kappa shape index (κ2) is 21.6. The van der Waals surface area contributed by atoms with Crippen LogP contribution in [0.5, 0.6) is 11.5 Å². The predicted octanol–water partition coefficient (Wildman–Crippen LogP) is 6.82. The molecular formula is C48H54Cl3N7O7. The van der Waals surface area contributed by atoms with Crippen molar-refractivity contribution in [1.82, 2.24) is 34.9 Å². The third-order valence-corrected chi connectivity index (χ3v) is 12.2. The zero-order valence-electron chi connectivity index (χ0n) is 36.7. The molecule has 2 aliphatic rings. The van der Waals surface area contributed by atoms with Crippen LogP contribution in [0.15, 0.2) is 103 Å². The number of nitrogens with one attached hydrogen (secondary N) is 2. The Balaban J connectivity index is 0.00000700. The molecule has 4 aromatic carbocycles. The van der Waals surface area contributed by atoms with Gasteiger partial charge in [0.2, 0.25) is 11.8 Å². The molecule has 1 aromatic heterocycles. The van der Waals surface area contributed by atoms with Crippen molar-refractivity contribution < 1.29 is 33.8 Å². The molecule has 4 atom stereocenters. The van der Waals surface area contributed by atoms with Crippen LogP contribution in [0.2, 0.25) is 10.0 Å². The van der Waals surface area contributed by atoms with Crippen LogP contribution < -0.4 is 15.4 Å². The van der Waals surface area contributed by atoms with Crippen molar-refractivity contribution in [2.75, 3.05) is 33.8 Å². The minimum Gasteiger partial charge on any atom is -0.457 e. The Morgan fingerprint density at radius 2 is 1.63 bits per heavy atom. The number of benzene rings is 4. The van der Waals surface area contributed by atoms with Gasteiger partial charge in [-0.2, -0.15) is 0 Å². The number of fused-ring (bicyclic) bond motifs is 2. The zero-order chi connectivity index (χ0) is 45.5. The molecule has 344 valence electrons. The molecule has 5 aromatic rings. The van der Waals surface area contributed by atoms with Crippen LogP contribution >= 0.6 is 35.6 Å². The fourth-order valence-electron chi connectivity index (χ4n) is 8.24. The molecule has 2 aliphatic heterocycles. The van der Waals surface area contributed by atoms with Crippen molar-refractivity contribution in [3.8, 4) is 22.8 Å². The van der Waals surface area contributed by atoms with Crippen LogP contribution in [-0.2, 0) is 52.1 Å². The molecule has 3 N–H and O–H groups in total. The summed E-state index contributed by atoms with van der Waals surface area (Å²) in [5, 5.41) is 17.2. The van der Waals surface area contributed by atoms with Crippen molar-refractivity contribution >= 4 is 59.4 Å². The summed E-state index contributed by atoms with van der Waals surface area (Å²) in [5.74, 6) is -0.0986. The summed E-state index contributed by atoms with van der Waals surface area (Å²) in [7, 11) is 5.95. The summed E-state index contributed by atoms with van der Waals surface area (Å²) in [5.41, 5.74) is 2.96. The maximum Gasteiger partial charge on any atom is 0.411 e. The Morgan fingerprint density at radius 3 is 2.32 bits per heavy atom. The van der Waals surface area contributed by atoms with E-state index in [9.17, 15) is 24.3 Å². The molecule has 2 fully saturated rings. The van der Waals surface area contributed by atoms with Gasteiger partial charge in [0.15, 0.2) is 6.10 Å². The number of aromatic nitrogens is 2. The van der Waals surface area contributed by atoms with Crippen LogP contribution in [0, 0.1) is 0 Å². The van der Waals surface area contributed by atoms with E-state index in [1.807, 2.05) is 104 Å². The van der Waals surface area contributed by atoms with Gasteiger partial charge in [-0.3, -0.25) is 19.3 Å².